The fourth-order valence-corrected chi connectivity index (χ4v) is 8.28. The average Bonchev–Trinajstić information content (AvgIpc) is 3.92. The Labute approximate surface area is 300 Å². The SMILES string of the molecule is O=C(Nc1ccc(C(=O)N2CCN(CC3CC3)CC2)cc1)Nc1ccc(-c2nc(N3[C@@H]4COC[C@H]3[C@H](F)C4)nc(N3[C@@H]4COC[C@H]3[C@H](F)C4)n2)cc1. The maximum absolute atomic E-state index is 15.0. The number of hydrogen-bond acceptors (Lipinski definition) is 10. The van der Waals surface area contributed by atoms with Crippen molar-refractivity contribution in [1.29, 1.82) is 0 Å². The molecule has 6 heterocycles. The molecule has 2 aromatic carbocycles. The summed E-state index contributed by atoms with van der Waals surface area (Å²) in [4.78, 5) is 48.6. The predicted molar refractivity (Wildman–Crippen MR) is 190 cm³/mol. The third kappa shape index (κ3) is 6.65. The first-order valence-electron chi connectivity index (χ1n) is 18.4. The van der Waals surface area contributed by atoms with Crippen molar-refractivity contribution in [3.8, 4) is 11.4 Å². The van der Waals surface area contributed by atoms with E-state index < -0.39 is 30.5 Å². The molecule has 3 amide bonds. The van der Waals surface area contributed by atoms with E-state index in [2.05, 4.69) is 15.5 Å². The van der Waals surface area contributed by atoms with Crippen LogP contribution in [0.3, 0.4) is 0 Å². The summed E-state index contributed by atoms with van der Waals surface area (Å²) in [6.07, 6.45) is 1.19. The molecule has 13 nitrogen and oxygen atoms in total. The van der Waals surface area contributed by atoms with Crippen LogP contribution >= 0.6 is 0 Å². The lowest BCUT2D eigenvalue weighted by Crippen LogP contribution is -2.50. The largest absolute Gasteiger partial charge is 0.377 e. The first-order chi connectivity index (χ1) is 25.4. The van der Waals surface area contributed by atoms with Crippen molar-refractivity contribution in [2.45, 2.75) is 62.2 Å². The zero-order valence-electron chi connectivity index (χ0n) is 28.9. The van der Waals surface area contributed by atoms with E-state index in [1.807, 2.05) is 14.7 Å². The Morgan fingerprint density at radius 3 is 1.77 bits per heavy atom. The molecule has 1 aromatic heterocycles. The maximum Gasteiger partial charge on any atom is 0.323 e. The Balaban J connectivity index is 0.870. The third-order valence-electron chi connectivity index (χ3n) is 11.3. The van der Waals surface area contributed by atoms with Crippen LogP contribution in [0.4, 0.5) is 36.8 Å². The Hall–Kier alpha value is -4.47. The number of morpholine rings is 2. The van der Waals surface area contributed by atoms with Gasteiger partial charge in [-0.05, 0) is 67.3 Å². The van der Waals surface area contributed by atoms with Gasteiger partial charge in [0.25, 0.3) is 5.91 Å². The van der Waals surface area contributed by atoms with Gasteiger partial charge in [-0.25, -0.2) is 13.6 Å². The molecule has 1 aliphatic carbocycles. The Kier molecular flexibility index (Phi) is 8.87. The number of anilines is 4. The molecule has 0 spiro atoms. The maximum atomic E-state index is 15.0. The highest BCUT2D eigenvalue weighted by Crippen LogP contribution is 2.39. The number of amides is 3. The lowest BCUT2D eigenvalue weighted by molar-refractivity contribution is 0.0632. The summed E-state index contributed by atoms with van der Waals surface area (Å²) in [7, 11) is 0. The fourth-order valence-electron chi connectivity index (χ4n) is 8.28. The van der Waals surface area contributed by atoms with E-state index in [9.17, 15) is 9.59 Å². The lowest BCUT2D eigenvalue weighted by atomic mass is 10.1. The number of aromatic nitrogens is 3. The fraction of sp³-hybridized carbons (Fsp3) is 0.541. The zero-order valence-corrected chi connectivity index (χ0v) is 28.9. The second-order valence-corrected chi connectivity index (χ2v) is 14.9. The van der Waals surface area contributed by atoms with Crippen LogP contribution in [0.25, 0.3) is 11.4 Å². The summed E-state index contributed by atoms with van der Waals surface area (Å²) in [5.41, 5.74) is 2.36. The van der Waals surface area contributed by atoms with Gasteiger partial charge < -0.3 is 34.8 Å². The van der Waals surface area contributed by atoms with Crippen LogP contribution in [0.15, 0.2) is 48.5 Å². The molecule has 0 unspecified atom stereocenters. The summed E-state index contributed by atoms with van der Waals surface area (Å²) in [6.45, 7) is 5.66. The van der Waals surface area contributed by atoms with Gasteiger partial charge in [0, 0.05) is 68.1 Å². The number of carbonyl (C=O) groups is 2. The molecule has 6 aliphatic rings. The smallest absolute Gasteiger partial charge is 0.323 e. The van der Waals surface area contributed by atoms with E-state index >= 15 is 8.78 Å². The number of urea groups is 1. The van der Waals surface area contributed by atoms with E-state index in [1.165, 1.54) is 12.8 Å². The van der Waals surface area contributed by atoms with Crippen LogP contribution in [0.2, 0.25) is 0 Å². The average molecular weight is 716 g/mol. The molecule has 6 fully saturated rings. The molecule has 6 atom stereocenters. The number of nitrogens with zero attached hydrogens (tertiary/aromatic N) is 7. The molecule has 0 radical (unpaired) electrons. The number of rotatable bonds is 8. The molecule has 1 saturated carbocycles. The minimum absolute atomic E-state index is 0.00685. The Bertz CT molecular complexity index is 1740. The van der Waals surface area contributed by atoms with Gasteiger partial charge in [-0.1, -0.05) is 0 Å². The van der Waals surface area contributed by atoms with Gasteiger partial charge in [0.15, 0.2) is 5.82 Å². The molecule has 9 rings (SSSR count). The van der Waals surface area contributed by atoms with Crippen LogP contribution < -0.4 is 20.4 Å². The standard InChI is InChI=1S/C37H43F2N9O4/c38-29-15-27-18-51-20-31(29)47(27)35-42-33(43-36(44-35)48-28-16-30(39)32(48)21-52-19-28)23-3-7-25(8-4-23)40-37(50)41-26-9-5-24(6-10-26)34(49)46-13-11-45(12-14-46)17-22-1-2-22/h3-10,22,27-32H,1-2,11-21H2,(H2,40,41,50)/t27-,28-,29+,30+,31-,32-/m0/s1. The minimum Gasteiger partial charge on any atom is -0.377 e. The molecule has 5 saturated heterocycles. The highest BCUT2D eigenvalue weighted by Gasteiger charge is 2.49. The second-order valence-electron chi connectivity index (χ2n) is 14.9. The quantitative estimate of drug-likeness (QED) is 0.354. The number of alkyl halides is 2. The van der Waals surface area contributed by atoms with Gasteiger partial charge in [0.1, 0.15) is 12.3 Å². The number of hydrogen-bond donors (Lipinski definition) is 2. The Morgan fingerprint density at radius 2 is 1.25 bits per heavy atom. The van der Waals surface area contributed by atoms with Crippen molar-refractivity contribution >= 4 is 35.2 Å². The van der Waals surface area contributed by atoms with Crippen LogP contribution in [0.5, 0.6) is 0 Å². The summed E-state index contributed by atoms with van der Waals surface area (Å²) in [5.74, 6) is 1.92. The molecule has 15 heteroatoms. The van der Waals surface area contributed by atoms with Crippen molar-refractivity contribution in [3.05, 3.63) is 54.1 Å². The highest BCUT2D eigenvalue weighted by molar-refractivity contribution is 6.00. The van der Waals surface area contributed by atoms with E-state index in [0.29, 0.717) is 66.3 Å². The van der Waals surface area contributed by atoms with E-state index in [4.69, 9.17) is 24.4 Å². The number of fused-ring (bicyclic) bond motifs is 4. The van der Waals surface area contributed by atoms with Gasteiger partial charge in [-0.3, -0.25) is 9.69 Å². The molecule has 2 N–H and O–H groups in total. The van der Waals surface area contributed by atoms with Crippen molar-refractivity contribution in [2.24, 2.45) is 5.92 Å². The van der Waals surface area contributed by atoms with Crippen molar-refractivity contribution in [3.63, 3.8) is 0 Å². The molecule has 274 valence electrons. The van der Waals surface area contributed by atoms with Crippen molar-refractivity contribution in [1.82, 2.24) is 24.8 Å². The third-order valence-corrected chi connectivity index (χ3v) is 11.3. The van der Waals surface area contributed by atoms with Crippen molar-refractivity contribution in [2.75, 3.05) is 79.6 Å². The summed E-state index contributed by atoms with van der Waals surface area (Å²) in [5, 5.41) is 5.67. The predicted octanol–water partition coefficient (Wildman–Crippen LogP) is 3.98. The molecule has 4 bridgehead atoms. The second kappa shape index (κ2) is 13.8. The van der Waals surface area contributed by atoms with Crippen LogP contribution in [0.1, 0.15) is 36.0 Å². The summed E-state index contributed by atoms with van der Waals surface area (Å²) >= 11 is 0. The van der Waals surface area contributed by atoms with Gasteiger partial charge in [0.2, 0.25) is 11.9 Å². The molecule has 5 aliphatic heterocycles. The van der Waals surface area contributed by atoms with Gasteiger partial charge >= 0.3 is 6.03 Å². The number of benzene rings is 2. The first-order valence-corrected chi connectivity index (χ1v) is 18.4. The lowest BCUT2D eigenvalue weighted by Gasteiger charge is -2.37. The van der Waals surface area contributed by atoms with Crippen molar-refractivity contribution < 1.29 is 27.8 Å². The molecule has 52 heavy (non-hydrogen) atoms. The molecular weight excluding hydrogens is 672 g/mol. The van der Waals surface area contributed by atoms with Gasteiger partial charge in [0.05, 0.1) is 50.6 Å². The Morgan fingerprint density at radius 1 is 0.712 bits per heavy atom. The topological polar surface area (TPSA) is 128 Å². The van der Waals surface area contributed by atoms with Gasteiger partial charge in [-0.15, -0.1) is 0 Å². The normalized spacial score (nSPS) is 28.6. The number of ether oxygens (including phenoxy) is 2. The monoisotopic (exact) mass is 715 g/mol. The zero-order chi connectivity index (χ0) is 35.3. The van der Waals surface area contributed by atoms with Crippen LogP contribution in [-0.2, 0) is 9.47 Å². The summed E-state index contributed by atoms with van der Waals surface area (Å²) < 4.78 is 41.3. The van der Waals surface area contributed by atoms with Crippen LogP contribution in [-0.4, -0.2) is 132 Å². The highest BCUT2D eigenvalue weighted by atomic mass is 19.1. The molecule has 3 aromatic rings. The van der Waals surface area contributed by atoms with E-state index in [-0.39, 0.29) is 31.2 Å². The van der Waals surface area contributed by atoms with E-state index in [0.717, 1.165) is 38.6 Å². The van der Waals surface area contributed by atoms with E-state index in [1.54, 1.807) is 48.5 Å². The van der Waals surface area contributed by atoms with Crippen LogP contribution in [0, 0.1) is 5.92 Å². The first kappa shape index (κ1) is 33.4. The number of nitrogens with one attached hydrogen (secondary N) is 2. The number of halogens is 2. The number of carbonyl (C=O) groups excluding carboxylic acids is 2. The summed E-state index contributed by atoms with van der Waals surface area (Å²) in [6, 6.07) is 12.2. The number of piperazine rings is 1. The minimum atomic E-state index is -1.06. The molecular formula is C37H43F2N9O4. The van der Waals surface area contributed by atoms with Gasteiger partial charge in [-0.2, -0.15) is 15.0 Å².